The molecule has 0 aliphatic rings. The lowest BCUT2D eigenvalue weighted by molar-refractivity contribution is -0.0206. The number of nitrogens with zero attached hydrogens (tertiary/aromatic N) is 3. The van der Waals surface area contributed by atoms with Gasteiger partial charge in [-0.3, -0.25) is 10.9 Å². The molecule has 0 aliphatic heterocycles. The highest BCUT2D eigenvalue weighted by Gasteiger charge is 1.98. The van der Waals surface area contributed by atoms with E-state index in [1.165, 1.54) is 0 Å². The summed E-state index contributed by atoms with van der Waals surface area (Å²) >= 11 is 0. The van der Waals surface area contributed by atoms with Crippen LogP contribution in [0.3, 0.4) is 0 Å². The maximum absolute atomic E-state index is 5.49. The van der Waals surface area contributed by atoms with Gasteiger partial charge in [0.15, 0.2) is 0 Å². The third-order valence-corrected chi connectivity index (χ3v) is 4.36. The molecule has 0 aliphatic carbocycles. The number of hydrogen-bond donors (Lipinski definition) is 3. The van der Waals surface area contributed by atoms with Crippen molar-refractivity contribution in [1.29, 1.82) is 0 Å². The Morgan fingerprint density at radius 2 is 1.09 bits per heavy atom. The fraction of sp³-hybridized carbons (Fsp3) is 0.909. The molecule has 0 spiro atoms. The van der Waals surface area contributed by atoms with Gasteiger partial charge in [0.05, 0.1) is 105 Å². The monoisotopic (exact) mass is 506 g/mol. The van der Waals surface area contributed by atoms with E-state index in [-0.39, 0.29) is 0 Å². The molecule has 0 saturated carbocycles. The van der Waals surface area contributed by atoms with Crippen LogP contribution in [0.25, 0.3) is 0 Å². The largest absolute Gasteiger partial charge is 0.378 e. The van der Waals surface area contributed by atoms with Crippen molar-refractivity contribution < 1.29 is 33.2 Å². The molecule has 1 heterocycles. The highest BCUT2D eigenvalue weighted by Crippen LogP contribution is 1.91. The van der Waals surface area contributed by atoms with Crippen molar-refractivity contribution in [1.82, 2.24) is 25.8 Å². The molecule has 1 aromatic heterocycles. The Balaban J connectivity index is 1.65. The SMILES string of the molecule is CCCNNCCOCCOCCOCCOCCOCCOCCOCCn1cc(CN)nn1. The van der Waals surface area contributed by atoms with Crippen molar-refractivity contribution in [3.8, 4) is 0 Å². The molecule has 1 rings (SSSR count). The van der Waals surface area contributed by atoms with Crippen LogP contribution in [0, 0.1) is 0 Å². The summed E-state index contributed by atoms with van der Waals surface area (Å²) in [5.74, 6) is 0. The quantitative estimate of drug-likeness (QED) is 0.0981. The highest BCUT2D eigenvalue weighted by molar-refractivity contribution is 4.90. The summed E-state index contributed by atoms with van der Waals surface area (Å²) in [6.45, 7) is 12.5. The van der Waals surface area contributed by atoms with Crippen LogP contribution < -0.4 is 16.6 Å². The maximum atomic E-state index is 5.49. The van der Waals surface area contributed by atoms with Crippen LogP contribution in [0.4, 0.5) is 0 Å². The van der Waals surface area contributed by atoms with E-state index >= 15 is 0 Å². The second-order valence-corrected chi connectivity index (χ2v) is 7.32. The molecular formula is C22H46N6O7. The van der Waals surface area contributed by atoms with Gasteiger partial charge in [0.2, 0.25) is 0 Å². The molecule has 0 bridgehead atoms. The second kappa shape index (κ2) is 25.8. The lowest BCUT2D eigenvalue weighted by Crippen LogP contribution is -2.35. The minimum atomic E-state index is 0.390. The molecule has 0 radical (unpaired) electrons. The molecular weight excluding hydrogens is 460 g/mol. The number of hydrazine groups is 1. The van der Waals surface area contributed by atoms with E-state index in [2.05, 4.69) is 28.1 Å². The summed E-state index contributed by atoms with van der Waals surface area (Å²) in [6.07, 6.45) is 2.92. The van der Waals surface area contributed by atoms with Gasteiger partial charge in [0, 0.05) is 25.8 Å². The number of nitrogens with one attached hydrogen (secondary N) is 2. The van der Waals surface area contributed by atoms with Crippen LogP contribution in [0.15, 0.2) is 6.20 Å². The summed E-state index contributed by atoms with van der Waals surface area (Å²) in [5.41, 5.74) is 12.4. The van der Waals surface area contributed by atoms with Crippen molar-refractivity contribution in [3.63, 3.8) is 0 Å². The van der Waals surface area contributed by atoms with E-state index in [4.69, 9.17) is 38.9 Å². The Bertz CT molecular complexity index is 556. The molecule has 0 amide bonds. The van der Waals surface area contributed by atoms with Gasteiger partial charge in [0.1, 0.15) is 0 Å². The summed E-state index contributed by atoms with van der Waals surface area (Å²) in [6, 6.07) is 0. The smallest absolute Gasteiger partial charge is 0.0962 e. The number of nitrogens with two attached hydrogens (primary N) is 1. The number of ether oxygens (including phenoxy) is 7. The second-order valence-electron chi connectivity index (χ2n) is 7.32. The predicted molar refractivity (Wildman–Crippen MR) is 130 cm³/mol. The van der Waals surface area contributed by atoms with Crippen molar-refractivity contribution in [2.75, 3.05) is 106 Å². The average Bonchev–Trinajstić information content (AvgIpc) is 3.34. The molecule has 13 heteroatoms. The zero-order valence-electron chi connectivity index (χ0n) is 21.3. The summed E-state index contributed by atoms with van der Waals surface area (Å²) in [5, 5.41) is 7.87. The van der Waals surface area contributed by atoms with Gasteiger partial charge >= 0.3 is 0 Å². The van der Waals surface area contributed by atoms with Crippen LogP contribution >= 0.6 is 0 Å². The van der Waals surface area contributed by atoms with Crippen molar-refractivity contribution in [2.45, 2.75) is 26.4 Å². The molecule has 0 atom stereocenters. The first kappa shape index (κ1) is 31.8. The Kier molecular flexibility index (Phi) is 23.4. The van der Waals surface area contributed by atoms with Gasteiger partial charge in [-0.05, 0) is 6.42 Å². The van der Waals surface area contributed by atoms with Crippen molar-refractivity contribution in [2.24, 2.45) is 5.73 Å². The first-order valence-electron chi connectivity index (χ1n) is 12.5. The van der Waals surface area contributed by atoms with Gasteiger partial charge in [-0.1, -0.05) is 12.1 Å². The third-order valence-electron chi connectivity index (χ3n) is 4.36. The zero-order valence-corrected chi connectivity index (χ0v) is 21.3. The number of rotatable bonds is 28. The first-order chi connectivity index (χ1) is 17.4. The molecule has 35 heavy (non-hydrogen) atoms. The van der Waals surface area contributed by atoms with Crippen LogP contribution in [0.1, 0.15) is 19.0 Å². The standard InChI is InChI=1S/C22H46N6O7/c1-2-3-24-25-4-6-29-8-10-31-12-14-33-16-18-35-19-17-34-15-13-32-11-9-30-7-5-28-21-22(20-23)26-27-28/h21,24-25H,2-20,23H2,1H3. The summed E-state index contributed by atoms with van der Waals surface area (Å²) in [4.78, 5) is 0. The molecule has 1 aromatic rings. The van der Waals surface area contributed by atoms with Crippen LogP contribution in [-0.4, -0.2) is 121 Å². The Morgan fingerprint density at radius 3 is 1.51 bits per heavy atom. The zero-order chi connectivity index (χ0) is 25.1. The highest BCUT2D eigenvalue weighted by atomic mass is 16.6. The van der Waals surface area contributed by atoms with Gasteiger partial charge in [-0.2, -0.15) is 0 Å². The van der Waals surface area contributed by atoms with Gasteiger partial charge in [0.25, 0.3) is 0 Å². The van der Waals surface area contributed by atoms with Gasteiger partial charge in [-0.15, -0.1) is 5.10 Å². The third kappa shape index (κ3) is 21.7. The topological polar surface area (TPSA) is 145 Å². The first-order valence-corrected chi connectivity index (χ1v) is 12.5. The van der Waals surface area contributed by atoms with E-state index in [1.807, 2.05) is 6.20 Å². The molecule has 13 nitrogen and oxygen atoms in total. The fourth-order valence-corrected chi connectivity index (χ4v) is 2.55. The molecule has 4 N–H and O–H groups in total. The van der Waals surface area contributed by atoms with Crippen LogP contribution in [-0.2, 0) is 46.2 Å². The van der Waals surface area contributed by atoms with E-state index in [1.54, 1.807) is 4.68 Å². The molecule has 206 valence electrons. The summed E-state index contributed by atoms with van der Waals surface area (Å²) < 4.78 is 39.9. The summed E-state index contributed by atoms with van der Waals surface area (Å²) in [7, 11) is 0. The Labute approximate surface area is 209 Å². The minimum Gasteiger partial charge on any atom is -0.378 e. The fourth-order valence-electron chi connectivity index (χ4n) is 2.55. The molecule has 0 saturated heterocycles. The van der Waals surface area contributed by atoms with Gasteiger partial charge < -0.3 is 38.9 Å². The van der Waals surface area contributed by atoms with E-state index in [9.17, 15) is 0 Å². The normalized spacial score (nSPS) is 11.5. The van der Waals surface area contributed by atoms with Crippen molar-refractivity contribution in [3.05, 3.63) is 11.9 Å². The number of aromatic nitrogens is 3. The number of hydrogen-bond acceptors (Lipinski definition) is 12. The Hall–Kier alpha value is -1.26. The van der Waals surface area contributed by atoms with Crippen molar-refractivity contribution >= 4 is 0 Å². The maximum Gasteiger partial charge on any atom is 0.0962 e. The van der Waals surface area contributed by atoms with Gasteiger partial charge in [-0.25, -0.2) is 4.68 Å². The van der Waals surface area contributed by atoms with Crippen LogP contribution in [0.5, 0.6) is 0 Å². The van der Waals surface area contributed by atoms with E-state index in [0.717, 1.165) is 25.2 Å². The lowest BCUT2D eigenvalue weighted by atomic mass is 10.5. The molecule has 0 aromatic carbocycles. The lowest BCUT2D eigenvalue weighted by Gasteiger charge is -2.09. The van der Waals surface area contributed by atoms with Crippen LogP contribution in [0.2, 0.25) is 0 Å². The Morgan fingerprint density at radius 1 is 0.657 bits per heavy atom. The predicted octanol–water partition coefficient (Wildman–Crippen LogP) is -0.643. The van der Waals surface area contributed by atoms with E-state index in [0.29, 0.717) is 106 Å². The van der Waals surface area contributed by atoms with E-state index < -0.39 is 0 Å². The minimum absolute atomic E-state index is 0.390. The molecule has 0 unspecified atom stereocenters. The molecule has 0 fully saturated rings. The average molecular weight is 507 g/mol.